The molecule has 4 aliphatic carbocycles. The van der Waals surface area contributed by atoms with Crippen molar-refractivity contribution in [1.29, 1.82) is 0 Å². The first-order valence-corrected chi connectivity index (χ1v) is 9.22. The highest BCUT2D eigenvalue weighted by Gasteiger charge is 2.59. The highest BCUT2D eigenvalue weighted by molar-refractivity contribution is 5.92. The number of rotatable bonds is 0. The summed E-state index contributed by atoms with van der Waals surface area (Å²) < 4.78 is 0. The van der Waals surface area contributed by atoms with Crippen LogP contribution in [0.4, 0.5) is 0 Å². The van der Waals surface area contributed by atoms with E-state index in [0.717, 1.165) is 43.2 Å². The van der Waals surface area contributed by atoms with E-state index in [0.29, 0.717) is 23.0 Å². The summed E-state index contributed by atoms with van der Waals surface area (Å²) in [5.74, 6) is 3.40. The van der Waals surface area contributed by atoms with Crippen LogP contribution in [0.15, 0.2) is 5.16 Å². The van der Waals surface area contributed by atoms with Gasteiger partial charge in [-0.05, 0) is 74.0 Å². The summed E-state index contributed by atoms with van der Waals surface area (Å²) in [7, 11) is 0. The highest BCUT2D eigenvalue weighted by Crippen LogP contribution is 2.65. The van der Waals surface area contributed by atoms with Crippen molar-refractivity contribution in [2.45, 2.75) is 71.6 Å². The van der Waals surface area contributed by atoms with Crippen molar-refractivity contribution in [3.63, 3.8) is 0 Å². The molecule has 1 N–H and O–H groups in total. The van der Waals surface area contributed by atoms with Gasteiger partial charge in [-0.3, -0.25) is 4.79 Å². The average Bonchev–Trinajstić information content (AvgIpc) is 2.84. The molecule has 4 rings (SSSR count). The van der Waals surface area contributed by atoms with Gasteiger partial charge in [0, 0.05) is 18.3 Å². The number of hydrogen-bond donors (Lipinski definition) is 1. The Kier molecular flexibility index (Phi) is 3.22. The van der Waals surface area contributed by atoms with Crippen molar-refractivity contribution < 1.29 is 10.0 Å². The standard InChI is InChI=1S/C19H29NO2/c1-18-9-7-13(21)11-12(18)3-4-14-15-5-6-17(20-22)19(15,2)10-8-16(14)18/h12,14-16,22H,3-11H2,1-2H3/b20-17+/t12-,14-,15-,16-,18-,19-/m0/s1. The third-order valence-corrected chi connectivity index (χ3v) is 8.34. The number of nitrogens with zero attached hydrogens (tertiary/aromatic N) is 1. The summed E-state index contributed by atoms with van der Waals surface area (Å²) in [6, 6.07) is 0. The second-order valence-electron chi connectivity index (χ2n) is 8.94. The van der Waals surface area contributed by atoms with Gasteiger partial charge in [-0.1, -0.05) is 19.0 Å². The molecule has 0 bridgehead atoms. The second kappa shape index (κ2) is 4.82. The van der Waals surface area contributed by atoms with Crippen LogP contribution >= 0.6 is 0 Å². The Hall–Kier alpha value is -0.860. The van der Waals surface area contributed by atoms with Crippen molar-refractivity contribution in [1.82, 2.24) is 0 Å². The number of carbonyl (C=O) groups is 1. The lowest BCUT2D eigenvalue weighted by atomic mass is 9.45. The van der Waals surface area contributed by atoms with E-state index in [2.05, 4.69) is 19.0 Å². The molecule has 0 aliphatic heterocycles. The van der Waals surface area contributed by atoms with Gasteiger partial charge in [0.25, 0.3) is 0 Å². The Morgan fingerprint density at radius 2 is 1.86 bits per heavy atom. The second-order valence-corrected chi connectivity index (χ2v) is 8.94. The first-order chi connectivity index (χ1) is 10.5. The van der Waals surface area contributed by atoms with Gasteiger partial charge in [0.2, 0.25) is 0 Å². The SMILES string of the molecule is C[C@]12CCC(=O)C[C@@H]1CC[C@@H]1[C@@H]2CC[C@]2(C)/C(=N/O)CC[C@@H]12. The molecule has 0 aromatic carbocycles. The lowest BCUT2D eigenvalue weighted by Crippen LogP contribution is -2.53. The van der Waals surface area contributed by atoms with E-state index in [1.54, 1.807) is 0 Å². The van der Waals surface area contributed by atoms with E-state index in [4.69, 9.17) is 0 Å². The zero-order chi connectivity index (χ0) is 15.5. The maximum absolute atomic E-state index is 11.9. The zero-order valence-electron chi connectivity index (χ0n) is 14.0. The first kappa shape index (κ1) is 14.7. The van der Waals surface area contributed by atoms with Crippen molar-refractivity contribution in [3.05, 3.63) is 0 Å². The Morgan fingerprint density at radius 1 is 1.05 bits per heavy atom. The van der Waals surface area contributed by atoms with Crippen LogP contribution in [0.25, 0.3) is 0 Å². The molecule has 0 spiro atoms. The molecular weight excluding hydrogens is 274 g/mol. The summed E-state index contributed by atoms with van der Waals surface area (Å²) in [4.78, 5) is 11.9. The van der Waals surface area contributed by atoms with E-state index in [1.807, 2.05) is 0 Å². The summed E-state index contributed by atoms with van der Waals surface area (Å²) in [6.45, 7) is 4.83. The smallest absolute Gasteiger partial charge is 0.133 e. The molecule has 0 heterocycles. The minimum absolute atomic E-state index is 0.142. The van der Waals surface area contributed by atoms with Gasteiger partial charge in [0.05, 0.1) is 5.71 Å². The van der Waals surface area contributed by atoms with Crippen molar-refractivity contribution in [3.8, 4) is 0 Å². The van der Waals surface area contributed by atoms with Gasteiger partial charge >= 0.3 is 0 Å². The fraction of sp³-hybridized carbons (Fsp3) is 0.895. The molecule has 0 amide bonds. The summed E-state index contributed by atoms with van der Waals surface area (Å²) in [5.41, 5.74) is 1.59. The number of carbonyl (C=O) groups excluding carboxylic acids is 1. The largest absolute Gasteiger partial charge is 0.411 e. The molecule has 0 aromatic rings. The molecule has 22 heavy (non-hydrogen) atoms. The van der Waals surface area contributed by atoms with E-state index < -0.39 is 0 Å². The molecule has 0 unspecified atom stereocenters. The van der Waals surface area contributed by atoms with Gasteiger partial charge in [0.1, 0.15) is 5.78 Å². The van der Waals surface area contributed by atoms with Crippen LogP contribution in [0.3, 0.4) is 0 Å². The average molecular weight is 303 g/mol. The van der Waals surface area contributed by atoms with Crippen LogP contribution in [0, 0.1) is 34.5 Å². The van der Waals surface area contributed by atoms with Gasteiger partial charge < -0.3 is 5.21 Å². The Morgan fingerprint density at radius 3 is 2.64 bits per heavy atom. The molecule has 3 heteroatoms. The topological polar surface area (TPSA) is 49.7 Å². The van der Waals surface area contributed by atoms with Crippen LogP contribution in [0.1, 0.15) is 71.6 Å². The molecule has 3 nitrogen and oxygen atoms in total. The monoisotopic (exact) mass is 303 g/mol. The van der Waals surface area contributed by atoms with E-state index >= 15 is 0 Å². The number of fused-ring (bicyclic) bond motifs is 5. The van der Waals surface area contributed by atoms with Crippen molar-refractivity contribution in [2.75, 3.05) is 0 Å². The van der Waals surface area contributed by atoms with Gasteiger partial charge in [-0.25, -0.2) is 0 Å². The Bertz CT molecular complexity index is 528. The van der Waals surface area contributed by atoms with E-state index in [9.17, 15) is 10.0 Å². The summed E-state index contributed by atoms with van der Waals surface area (Å²) >= 11 is 0. The molecule has 0 aromatic heterocycles. The quantitative estimate of drug-likeness (QED) is 0.531. The highest BCUT2D eigenvalue weighted by atomic mass is 16.4. The maximum atomic E-state index is 11.9. The molecule has 4 fully saturated rings. The number of Topliss-reactive ketones (excluding diaryl/α,β-unsaturated/α-hetero) is 1. The fourth-order valence-electron chi connectivity index (χ4n) is 7.00. The van der Waals surface area contributed by atoms with Crippen LogP contribution < -0.4 is 0 Å². The van der Waals surface area contributed by atoms with Gasteiger partial charge in [-0.2, -0.15) is 0 Å². The lowest BCUT2D eigenvalue weighted by molar-refractivity contribution is -0.136. The minimum Gasteiger partial charge on any atom is -0.411 e. The third kappa shape index (κ3) is 1.80. The van der Waals surface area contributed by atoms with E-state index in [-0.39, 0.29) is 5.41 Å². The van der Waals surface area contributed by atoms with E-state index in [1.165, 1.54) is 32.1 Å². The summed E-state index contributed by atoms with van der Waals surface area (Å²) in [6.07, 6.45) is 9.91. The van der Waals surface area contributed by atoms with Gasteiger partial charge in [-0.15, -0.1) is 0 Å². The first-order valence-electron chi connectivity index (χ1n) is 9.22. The zero-order valence-corrected chi connectivity index (χ0v) is 14.0. The molecule has 122 valence electrons. The lowest BCUT2D eigenvalue weighted by Gasteiger charge is -2.59. The summed E-state index contributed by atoms with van der Waals surface area (Å²) in [5, 5.41) is 13.0. The van der Waals surface area contributed by atoms with Crippen molar-refractivity contribution >= 4 is 11.5 Å². The predicted molar refractivity (Wildman–Crippen MR) is 86.0 cm³/mol. The minimum atomic E-state index is 0.142. The number of oxime groups is 1. The molecule has 0 saturated heterocycles. The van der Waals surface area contributed by atoms with Crippen LogP contribution in [-0.2, 0) is 4.79 Å². The van der Waals surface area contributed by atoms with Crippen molar-refractivity contribution in [2.24, 2.45) is 39.7 Å². The molecule has 0 radical (unpaired) electrons. The van der Waals surface area contributed by atoms with Crippen LogP contribution in [-0.4, -0.2) is 16.7 Å². The third-order valence-electron chi connectivity index (χ3n) is 8.34. The maximum Gasteiger partial charge on any atom is 0.133 e. The normalized spacial score (nSPS) is 53.0. The molecule has 4 aliphatic rings. The molecule has 6 atom stereocenters. The molecule has 4 saturated carbocycles. The number of ketones is 1. The molecular formula is C19H29NO2. The Balaban J connectivity index is 1.65. The Labute approximate surface area is 133 Å². The predicted octanol–water partition coefficient (Wildman–Crippen LogP) is 4.43. The fourth-order valence-corrected chi connectivity index (χ4v) is 7.00. The van der Waals surface area contributed by atoms with Crippen LogP contribution in [0.2, 0.25) is 0 Å². The number of hydrogen-bond acceptors (Lipinski definition) is 3. The van der Waals surface area contributed by atoms with Crippen LogP contribution in [0.5, 0.6) is 0 Å². The van der Waals surface area contributed by atoms with Gasteiger partial charge in [0.15, 0.2) is 0 Å².